The monoisotopic (exact) mass is 226 g/mol. The Morgan fingerprint density at radius 3 is 2.06 bits per heavy atom. The van der Waals surface area contributed by atoms with Gasteiger partial charge in [-0.05, 0) is 12.5 Å². The summed E-state index contributed by atoms with van der Waals surface area (Å²) in [7, 11) is 2.83. The average Bonchev–Trinajstić information content (AvgIpc) is 2.30. The third-order valence-corrected chi connectivity index (χ3v) is 2.57. The maximum atomic E-state index is 10.2. The van der Waals surface area contributed by atoms with Gasteiger partial charge in [-0.25, -0.2) is 0 Å². The first-order valence-electron chi connectivity index (χ1n) is 5.05. The molecule has 16 heavy (non-hydrogen) atoms. The van der Waals surface area contributed by atoms with E-state index in [1.807, 2.05) is 6.07 Å². The minimum absolute atomic E-state index is 0.617. The number of rotatable bonds is 5. The highest BCUT2D eigenvalue weighted by Gasteiger charge is 2.40. The Morgan fingerprint density at radius 2 is 1.62 bits per heavy atom. The van der Waals surface area contributed by atoms with E-state index in [0.29, 0.717) is 5.56 Å². The van der Waals surface area contributed by atoms with Crippen LogP contribution in [0.15, 0.2) is 30.3 Å². The summed E-state index contributed by atoms with van der Waals surface area (Å²) >= 11 is 0. The van der Waals surface area contributed by atoms with Crippen LogP contribution in [0.1, 0.15) is 18.6 Å². The van der Waals surface area contributed by atoms with Gasteiger partial charge in [-0.2, -0.15) is 0 Å². The van der Waals surface area contributed by atoms with Crippen molar-refractivity contribution in [3.63, 3.8) is 0 Å². The molecule has 90 valence electrons. The molecule has 0 aliphatic carbocycles. The van der Waals surface area contributed by atoms with Crippen LogP contribution < -0.4 is 0 Å². The number of methoxy groups -OCH3 is 2. The Labute approximate surface area is 95.4 Å². The van der Waals surface area contributed by atoms with Crippen molar-refractivity contribution in [3.05, 3.63) is 35.9 Å². The molecule has 1 aromatic carbocycles. The van der Waals surface area contributed by atoms with Crippen LogP contribution in [0.25, 0.3) is 0 Å². The fourth-order valence-corrected chi connectivity index (χ4v) is 1.68. The predicted octanol–water partition coefficient (Wildman–Crippen LogP) is 1.09. The van der Waals surface area contributed by atoms with E-state index in [0.717, 1.165) is 0 Å². The number of hydrogen-bond donors (Lipinski definition) is 2. The van der Waals surface area contributed by atoms with E-state index >= 15 is 0 Å². The minimum atomic E-state index is -1.51. The molecule has 0 amide bonds. The number of aliphatic hydroxyl groups excluding tert-OH is 1. The van der Waals surface area contributed by atoms with Gasteiger partial charge in [-0.1, -0.05) is 30.3 Å². The van der Waals surface area contributed by atoms with Crippen molar-refractivity contribution in [3.8, 4) is 0 Å². The molecule has 0 fully saturated rings. The lowest BCUT2D eigenvalue weighted by Crippen LogP contribution is -2.47. The molecule has 0 aliphatic rings. The lowest BCUT2D eigenvalue weighted by Gasteiger charge is -2.34. The Kier molecular flexibility index (Phi) is 4.44. The van der Waals surface area contributed by atoms with Gasteiger partial charge in [-0.15, -0.1) is 0 Å². The molecule has 0 unspecified atom stereocenters. The molecular weight excluding hydrogens is 208 g/mol. The second-order valence-corrected chi connectivity index (χ2v) is 3.84. The van der Waals surface area contributed by atoms with Crippen molar-refractivity contribution in [2.75, 3.05) is 14.2 Å². The number of ether oxygens (including phenoxy) is 2. The van der Waals surface area contributed by atoms with Gasteiger partial charge < -0.3 is 19.7 Å². The van der Waals surface area contributed by atoms with Crippen LogP contribution in [-0.2, 0) is 9.47 Å². The molecular formula is C12H18O4. The molecule has 0 bridgehead atoms. The summed E-state index contributed by atoms with van der Waals surface area (Å²) in [6, 6.07) is 8.91. The van der Waals surface area contributed by atoms with Crippen LogP contribution in [0.3, 0.4) is 0 Å². The summed E-state index contributed by atoms with van der Waals surface area (Å²) in [6.07, 6.45) is -1.96. The van der Waals surface area contributed by atoms with E-state index in [1.54, 1.807) is 24.3 Å². The highest BCUT2D eigenvalue weighted by Crippen LogP contribution is 2.30. The quantitative estimate of drug-likeness (QED) is 0.738. The number of hydrogen-bond acceptors (Lipinski definition) is 4. The minimum Gasteiger partial charge on any atom is -0.385 e. The Bertz CT molecular complexity index is 306. The van der Waals surface area contributed by atoms with Gasteiger partial charge in [0.05, 0.1) is 0 Å². The van der Waals surface area contributed by atoms with E-state index in [1.165, 1.54) is 21.1 Å². The standard InChI is InChI=1S/C12H18O4/c1-12(14,11(15-2)16-3)10(13)9-7-5-4-6-8-9/h4-8,10-11,13-14H,1-3H3/t10-,12+/m0/s1. The van der Waals surface area contributed by atoms with Crippen LogP contribution in [0, 0.1) is 0 Å². The second-order valence-electron chi connectivity index (χ2n) is 3.84. The average molecular weight is 226 g/mol. The fraction of sp³-hybridized carbons (Fsp3) is 0.500. The largest absolute Gasteiger partial charge is 0.385 e. The van der Waals surface area contributed by atoms with E-state index in [2.05, 4.69) is 0 Å². The molecule has 0 aliphatic heterocycles. The molecule has 4 nitrogen and oxygen atoms in total. The van der Waals surface area contributed by atoms with E-state index in [4.69, 9.17) is 9.47 Å². The first-order chi connectivity index (χ1) is 7.54. The maximum Gasteiger partial charge on any atom is 0.188 e. The molecule has 4 heteroatoms. The van der Waals surface area contributed by atoms with Crippen molar-refractivity contribution < 1.29 is 19.7 Å². The molecule has 0 saturated carbocycles. The zero-order valence-corrected chi connectivity index (χ0v) is 9.75. The molecule has 0 heterocycles. The summed E-state index contributed by atoms with van der Waals surface area (Å²) < 4.78 is 9.95. The van der Waals surface area contributed by atoms with Crippen LogP contribution in [0.5, 0.6) is 0 Å². The summed E-state index contributed by atoms with van der Waals surface area (Å²) in [5.41, 5.74) is -0.892. The van der Waals surface area contributed by atoms with Gasteiger partial charge in [0.25, 0.3) is 0 Å². The molecule has 1 rings (SSSR count). The lowest BCUT2D eigenvalue weighted by molar-refractivity contribution is -0.241. The highest BCUT2D eigenvalue weighted by atomic mass is 16.7. The molecule has 0 aromatic heterocycles. The van der Waals surface area contributed by atoms with E-state index in [9.17, 15) is 10.2 Å². The lowest BCUT2D eigenvalue weighted by atomic mass is 9.92. The highest BCUT2D eigenvalue weighted by molar-refractivity contribution is 5.20. The molecule has 0 spiro atoms. The van der Waals surface area contributed by atoms with E-state index < -0.39 is 18.0 Å². The van der Waals surface area contributed by atoms with Gasteiger partial charge in [0.1, 0.15) is 11.7 Å². The predicted molar refractivity (Wildman–Crippen MR) is 59.8 cm³/mol. The van der Waals surface area contributed by atoms with Gasteiger partial charge in [0, 0.05) is 14.2 Å². The third-order valence-electron chi connectivity index (χ3n) is 2.57. The third kappa shape index (κ3) is 2.59. The van der Waals surface area contributed by atoms with Crippen molar-refractivity contribution in [2.45, 2.75) is 24.9 Å². The Morgan fingerprint density at radius 1 is 1.12 bits per heavy atom. The van der Waals surface area contributed by atoms with Crippen LogP contribution in [-0.4, -0.2) is 36.3 Å². The fourth-order valence-electron chi connectivity index (χ4n) is 1.68. The first-order valence-corrected chi connectivity index (χ1v) is 5.05. The topological polar surface area (TPSA) is 58.9 Å². The normalized spacial score (nSPS) is 17.1. The molecule has 2 atom stereocenters. The second kappa shape index (κ2) is 5.41. The summed E-state index contributed by atoms with van der Waals surface area (Å²) in [4.78, 5) is 0. The van der Waals surface area contributed by atoms with Gasteiger partial charge in [0.15, 0.2) is 6.29 Å². The van der Waals surface area contributed by atoms with Crippen molar-refractivity contribution in [1.82, 2.24) is 0 Å². The van der Waals surface area contributed by atoms with Gasteiger partial charge >= 0.3 is 0 Å². The maximum absolute atomic E-state index is 10.2. The first kappa shape index (κ1) is 13.1. The van der Waals surface area contributed by atoms with Crippen LogP contribution >= 0.6 is 0 Å². The molecule has 0 radical (unpaired) electrons. The van der Waals surface area contributed by atoms with Gasteiger partial charge in [-0.3, -0.25) is 0 Å². The zero-order valence-electron chi connectivity index (χ0n) is 9.75. The SMILES string of the molecule is COC(OC)[C@](C)(O)[C@@H](O)c1ccccc1. The van der Waals surface area contributed by atoms with E-state index in [-0.39, 0.29) is 0 Å². The van der Waals surface area contributed by atoms with Gasteiger partial charge in [0.2, 0.25) is 0 Å². The summed E-state index contributed by atoms with van der Waals surface area (Å²) in [5.74, 6) is 0. The summed E-state index contributed by atoms with van der Waals surface area (Å²) in [5, 5.41) is 20.3. The Balaban J connectivity index is 2.91. The van der Waals surface area contributed by atoms with Crippen LogP contribution in [0.4, 0.5) is 0 Å². The molecule has 2 N–H and O–H groups in total. The van der Waals surface area contributed by atoms with Crippen molar-refractivity contribution >= 4 is 0 Å². The van der Waals surface area contributed by atoms with Crippen LogP contribution in [0.2, 0.25) is 0 Å². The number of aliphatic hydroxyl groups is 2. The Hall–Kier alpha value is -0.940. The van der Waals surface area contributed by atoms with Crippen molar-refractivity contribution in [1.29, 1.82) is 0 Å². The summed E-state index contributed by atoms with van der Waals surface area (Å²) in [6.45, 7) is 1.47. The molecule has 0 saturated heterocycles. The van der Waals surface area contributed by atoms with Crippen molar-refractivity contribution in [2.24, 2.45) is 0 Å². The smallest absolute Gasteiger partial charge is 0.188 e. The number of benzene rings is 1. The molecule has 1 aromatic rings. The zero-order chi connectivity index (χ0) is 12.2.